The van der Waals surface area contributed by atoms with E-state index < -0.39 is 0 Å². The van der Waals surface area contributed by atoms with Crippen LogP contribution in [0.3, 0.4) is 0 Å². The van der Waals surface area contributed by atoms with Crippen LogP contribution in [0.4, 0.5) is 0 Å². The van der Waals surface area contributed by atoms with Gasteiger partial charge in [-0.3, -0.25) is 0 Å². The first-order valence-corrected chi connectivity index (χ1v) is 6.56. The highest BCUT2D eigenvalue weighted by atomic mass is 16.5. The molecule has 0 aliphatic carbocycles. The molecule has 0 aliphatic rings. The van der Waals surface area contributed by atoms with E-state index in [0.717, 1.165) is 17.4 Å². The third kappa shape index (κ3) is 3.83. The highest BCUT2D eigenvalue weighted by Gasteiger charge is 2.07. The van der Waals surface area contributed by atoms with Gasteiger partial charge in [-0.1, -0.05) is 12.1 Å². The van der Waals surface area contributed by atoms with Crippen LogP contribution in [0.5, 0.6) is 5.75 Å². The van der Waals surface area contributed by atoms with Gasteiger partial charge in [0.15, 0.2) is 0 Å². The van der Waals surface area contributed by atoms with E-state index in [1.54, 1.807) is 6.20 Å². The average Bonchev–Trinajstić information content (AvgIpc) is 2.83. The van der Waals surface area contributed by atoms with Crippen molar-refractivity contribution in [3.63, 3.8) is 0 Å². The van der Waals surface area contributed by atoms with Crippen LogP contribution in [0.2, 0.25) is 0 Å². The number of hydrogen-bond acceptors (Lipinski definition) is 4. The molecule has 0 radical (unpaired) electrons. The fourth-order valence-electron chi connectivity index (χ4n) is 1.86. The quantitative estimate of drug-likeness (QED) is 0.866. The molecule has 102 valence electrons. The molecule has 0 spiro atoms. The minimum Gasteiger partial charge on any atom is -0.494 e. The zero-order chi connectivity index (χ0) is 13.7. The molecule has 4 heteroatoms. The highest BCUT2D eigenvalue weighted by Crippen LogP contribution is 2.18. The standard InChI is InChI=1S/C15H20N2O2/c1-4-18-14-7-5-13(6-8-14)12(3)16-10-15-17-9-11(2)19-15/h5-9,12,16H,4,10H2,1-3H3. The molecule has 1 aromatic heterocycles. The normalized spacial score (nSPS) is 12.4. The van der Waals surface area contributed by atoms with E-state index in [1.165, 1.54) is 5.56 Å². The van der Waals surface area contributed by atoms with Gasteiger partial charge in [0, 0.05) is 6.04 Å². The number of nitrogens with one attached hydrogen (secondary N) is 1. The summed E-state index contributed by atoms with van der Waals surface area (Å²) in [5, 5.41) is 3.38. The monoisotopic (exact) mass is 260 g/mol. The second kappa shape index (κ2) is 6.38. The predicted octanol–water partition coefficient (Wildman–Crippen LogP) is 3.23. The third-order valence-electron chi connectivity index (χ3n) is 2.92. The highest BCUT2D eigenvalue weighted by molar-refractivity contribution is 5.28. The van der Waals surface area contributed by atoms with Gasteiger partial charge in [0.05, 0.1) is 19.3 Å². The molecule has 2 rings (SSSR count). The zero-order valence-corrected chi connectivity index (χ0v) is 11.6. The molecule has 1 heterocycles. The summed E-state index contributed by atoms with van der Waals surface area (Å²) in [5.74, 6) is 2.46. The number of oxazole rings is 1. The Bertz CT molecular complexity index is 505. The molecule has 1 aromatic carbocycles. The Morgan fingerprint density at radius 2 is 2.05 bits per heavy atom. The van der Waals surface area contributed by atoms with Crippen LogP contribution in [-0.4, -0.2) is 11.6 Å². The fraction of sp³-hybridized carbons (Fsp3) is 0.400. The van der Waals surface area contributed by atoms with E-state index in [-0.39, 0.29) is 6.04 Å². The molecule has 0 fully saturated rings. The first-order valence-electron chi connectivity index (χ1n) is 6.56. The van der Waals surface area contributed by atoms with Crippen molar-refractivity contribution in [3.8, 4) is 5.75 Å². The molecule has 2 aromatic rings. The van der Waals surface area contributed by atoms with Crippen molar-refractivity contribution in [2.45, 2.75) is 33.4 Å². The first-order chi connectivity index (χ1) is 9.19. The topological polar surface area (TPSA) is 47.3 Å². The predicted molar refractivity (Wildman–Crippen MR) is 74.1 cm³/mol. The van der Waals surface area contributed by atoms with Crippen LogP contribution in [0.1, 0.15) is 37.1 Å². The van der Waals surface area contributed by atoms with Crippen molar-refractivity contribution in [1.29, 1.82) is 0 Å². The molecule has 1 atom stereocenters. The summed E-state index contributed by atoms with van der Waals surface area (Å²) in [7, 11) is 0. The maximum Gasteiger partial charge on any atom is 0.208 e. The lowest BCUT2D eigenvalue weighted by atomic mass is 10.1. The van der Waals surface area contributed by atoms with E-state index in [2.05, 4.69) is 29.4 Å². The van der Waals surface area contributed by atoms with Gasteiger partial charge in [0.2, 0.25) is 5.89 Å². The Morgan fingerprint density at radius 3 is 2.63 bits per heavy atom. The Balaban J connectivity index is 1.90. The number of aromatic nitrogens is 1. The molecule has 0 bridgehead atoms. The van der Waals surface area contributed by atoms with Crippen molar-refractivity contribution in [3.05, 3.63) is 47.7 Å². The number of ether oxygens (including phenoxy) is 1. The lowest BCUT2D eigenvalue weighted by Gasteiger charge is -2.13. The van der Waals surface area contributed by atoms with Gasteiger partial charge in [-0.05, 0) is 38.5 Å². The molecule has 1 N–H and O–H groups in total. The number of rotatable bonds is 6. The Kier molecular flexibility index (Phi) is 4.58. The van der Waals surface area contributed by atoms with Gasteiger partial charge < -0.3 is 14.5 Å². The largest absolute Gasteiger partial charge is 0.494 e. The summed E-state index contributed by atoms with van der Waals surface area (Å²) in [6.45, 7) is 7.31. The van der Waals surface area contributed by atoms with Crippen molar-refractivity contribution < 1.29 is 9.15 Å². The lowest BCUT2D eigenvalue weighted by Crippen LogP contribution is -2.18. The van der Waals surface area contributed by atoms with Crippen molar-refractivity contribution >= 4 is 0 Å². The summed E-state index contributed by atoms with van der Waals surface area (Å²) in [4.78, 5) is 4.17. The molecule has 0 saturated heterocycles. The number of aryl methyl sites for hydroxylation is 1. The van der Waals surface area contributed by atoms with E-state index in [9.17, 15) is 0 Å². The fourth-order valence-corrected chi connectivity index (χ4v) is 1.86. The molecule has 0 saturated carbocycles. The van der Waals surface area contributed by atoms with Crippen LogP contribution >= 0.6 is 0 Å². The zero-order valence-electron chi connectivity index (χ0n) is 11.6. The van der Waals surface area contributed by atoms with E-state index in [0.29, 0.717) is 13.2 Å². The van der Waals surface area contributed by atoms with Crippen LogP contribution in [-0.2, 0) is 6.54 Å². The van der Waals surface area contributed by atoms with E-state index in [4.69, 9.17) is 9.15 Å². The van der Waals surface area contributed by atoms with Crippen LogP contribution < -0.4 is 10.1 Å². The Hall–Kier alpha value is -1.81. The third-order valence-corrected chi connectivity index (χ3v) is 2.92. The minimum atomic E-state index is 0.239. The Morgan fingerprint density at radius 1 is 1.32 bits per heavy atom. The SMILES string of the molecule is CCOc1ccc(C(C)NCc2ncc(C)o2)cc1. The second-order valence-corrected chi connectivity index (χ2v) is 4.47. The molecular weight excluding hydrogens is 240 g/mol. The van der Waals surface area contributed by atoms with Crippen molar-refractivity contribution in [2.24, 2.45) is 0 Å². The maximum absolute atomic E-state index is 5.43. The lowest BCUT2D eigenvalue weighted by molar-refractivity contribution is 0.340. The van der Waals surface area contributed by atoms with Crippen molar-refractivity contribution in [1.82, 2.24) is 10.3 Å². The summed E-state index contributed by atoms with van der Waals surface area (Å²) in [6, 6.07) is 8.37. The molecule has 4 nitrogen and oxygen atoms in total. The molecule has 19 heavy (non-hydrogen) atoms. The average molecular weight is 260 g/mol. The van der Waals surface area contributed by atoms with Crippen LogP contribution in [0.15, 0.2) is 34.9 Å². The molecular formula is C15H20N2O2. The Labute approximate surface area is 113 Å². The van der Waals surface area contributed by atoms with Gasteiger partial charge in [-0.15, -0.1) is 0 Å². The molecule has 1 unspecified atom stereocenters. The summed E-state index contributed by atoms with van der Waals surface area (Å²) < 4.78 is 10.9. The van der Waals surface area contributed by atoms with Crippen LogP contribution in [0, 0.1) is 6.92 Å². The number of benzene rings is 1. The van der Waals surface area contributed by atoms with E-state index >= 15 is 0 Å². The second-order valence-electron chi connectivity index (χ2n) is 4.47. The van der Waals surface area contributed by atoms with Gasteiger partial charge in [0.25, 0.3) is 0 Å². The summed E-state index contributed by atoms with van der Waals surface area (Å²) >= 11 is 0. The number of hydrogen-bond donors (Lipinski definition) is 1. The molecule has 0 amide bonds. The first kappa shape index (κ1) is 13.6. The smallest absolute Gasteiger partial charge is 0.208 e. The summed E-state index contributed by atoms with van der Waals surface area (Å²) in [6.07, 6.45) is 1.73. The summed E-state index contributed by atoms with van der Waals surface area (Å²) in [5.41, 5.74) is 1.21. The minimum absolute atomic E-state index is 0.239. The van der Waals surface area contributed by atoms with Gasteiger partial charge in [-0.25, -0.2) is 4.98 Å². The van der Waals surface area contributed by atoms with Gasteiger partial charge in [-0.2, -0.15) is 0 Å². The number of nitrogens with zero attached hydrogens (tertiary/aromatic N) is 1. The van der Waals surface area contributed by atoms with Crippen molar-refractivity contribution in [2.75, 3.05) is 6.61 Å². The molecule has 0 aliphatic heterocycles. The van der Waals surface area contributed by atoms with E-state index in [1.807, 2.05) is 26.0 Å². The van der Waals surface area contributed by atoms with Gasteiger partial charge in [0.1, 0.15) is 11.5 Å². The van der Waals surface area contributed by atoms with Gasteiger partial charge >= 0.3 is 0 Å². The maximum atomic E-state index is 5.43. The van der Waals surface area contributed by atoms with Crippen LogP contribution in [0.25, 0.3) is 0 Å².